The molecule has 0 atom stereocenters. The monoisotopic (exact) mass is 392 g/mol. The van der Waals surface area contributed by atoms with Gasteiger partial charge in [0, 0.05) is 10.5 Å². The fourth-order valence-electron chi connectivity index (χ4n) is 2.67. The molecule has 1 N–H and O–H groups in total. The lowest BCUT2D eigenvalue weighted by molar-refractivity contribution is -0.140. The smallest absolute Gasteiger partial charge is 0.421 e. The van der Waals surface area contributed by atoms with Gasteiger partial charge < -0.3 is 9.84 Å². The number of alkyl halides is 3. The van der Waals surface area contributed by atoms with E-state index in [0.29, 0.717) is 25.7 Å². The molecule has 0 spiro atoms. The largest absolute Gasteiger partial charge is 0.490 e. The summed E-state index contributed by atoms with van der Waals surface area (Å²) in [5.74, 6) is -1.03. The van der Waals surface area contributed by atoms with Crippen molar-refractivity contribution in [3.63, 3.8) is 0 Å². The Morgan fingerprint density at radius 3 is 2.48 bits per heavy atom. The van der Waals surface area contributed by atoms with Gasteiger partial charge in [-0.25, -0.2) is 4.79 Å². The van der Waals surface area contributed by atoms with Crippen LogP contribution in [-0.4, -0.2) is 17.2 Å². The zero-order valence-corrected chi connectivity index (χ0v) is 13.7. The Balaban J connectivity index is 2.02. The molecule has 0 unspecified atom stereocenters. The van der Waals surface area contributed by atoms with E-state index in [1.807, 2.05) is 0 Å². The highest BCUT2D eigenvalue weighted by atomic mass is 79.9. The third kappa shape index (κ3) is 4.99. The predicted octanol–water partition coefficient (Wildman–Crippen LogP) is 5.05. The maximum Gasteiger partial charge on any atom is 0.421 e. The second-order valence-electron chi connectivity index (χ2n) is 5.46. The predicted molar refractivity (Wildman–Crippen MR) is 82.3 cm³/mol. The molecule has 126 valence electrons. The first-order chi connectivity index (χ1) is 10.8. The first-order valence-corrected chi connectivity index (χ1v) is 8.00. The van der Waals surface area contributed by atoms with E-state index >= 15 is 0 Å². The number of carbonyl (C=O) groups is 1. The van der Waals surface area contributed by atoms with E-state index in [9.17, 15) is 18.0 Å². The first kappa shape index (κ1) is 17.8. The van der Waals surface area contributed by atoms with Crippen molar-refractivity contribution < 1.29 is 27.8 Å². The van der Waals surface area contributed by atoms with Crippen LogP contribution in [0.3, 0.4) is 0 Å². The van der Waals surface area contributed by atoms with Crippen LogP contribution in [0.2, 0.25) is 0 Å². The molecule has 2 rings (SSSR count). The van der Waals surface area contributed by atoms with Gasteiger partial charge in [-0.15, -0.1) is 0 Å². The zero-order valence-electron chi connectivity index (χ0n) is 12.1. The molecule has 0 radical (unpaired) electrons. The summed E-state index contributed by atoms with van der Waals surface area (Å²) in [5.41, 5.74) is -0.798. The van der Waals surface area contributed by atoms with Gasteiger partial charge in [-0.1, -0.05) is 28.1 Å². The number of rotatable bonds is 4. The van der Waals surface area contributed by atoms with Crippen LogP contribution in [0.25, 0.3) is 0 Å². The van der Waals surface area contributed by atoms with E-state index in [1.54, 1.807) is 6.08 Å². The molecule has 1 saturated carbocycles. The Morgan fingerprint density at radius 2 is 1.91 bits per heavy atom. The van der Waals surface area contributed by atoms with Gasteiger partial charge in [-0.3, -0.25) is 0 Å². The molecule has 1 aliphatic rings. The fourth-order valence-corrected chi connectivity index (χ4v) is 3.25. The highest BCUT2D eigenvalue weighted by molar-refractivity contribution is 9.10. The van der Waals surface area contributed by atoms with E-state index < -0.39 is 17.7 Å². The van der Waals surface area contributed by atoms with Gasteiger partial charge in [0.25, 0.3) is 0 Å². The summed E-state index contributed by atoms with van der Waals surface area (Å²) in [6, 6.07) is 4.17. The standard InChI is InChI=1S/C16H16BrF3O3/c17-12-2-1-3-13(15(12)16(18,19)20)23-11-7-4-10(5-8-11)6-9-14(21)22/h1-3,6,9-11H,4-5,7-8H2,(H,21,22)/b9-6+/t10-,11-. The molecule has 0 aromatic heterocycles. The first-order valence-electron chi connectivity index (χ1n) is 7.21. The molecule has 0 bridgehead atoms. The van der Waals surface area contributed by atoms with E-state index in [-0.39, 0.29) is 22.2 Å². The van der Waals surface area contributed by atoms with Gasteiger partial charge in [0.05, 0.1) is 6.10 Å². The minimum absolute atomic E-state index is 0.0411. The van der Waals surface area contributed by atoms with Gasteiger partial charge in [0.2, 0.25) is 0 Å². The highest BCUT2D eigenvalue weighted by Gasteiger charge is 2.37. The van der Waals surface area contributed by atoms with E-state index in [2.05, 4.69) is 15.9 Å². The van der Waals surface area contributed by atoms with Crippen LogP contribution >= 0.6 is 15.9 Å². The Bertz CT molecular complexity index is 591. The Kier molecular flexibility index (Phi) is 5.73. The Hall–Kier alpha value is -1.50. The van der Waals surface area contributed by atoms with E-state index in [4.69, 9.17) is 9.84 Å². The van der Waals surface area contributed by atoms with Crippen molar-refractivity contribution in [3.8, 4) is 5.75 Å². The summed E-state index contributed by atoms with van der Waals surface area (Å²) in [5, 5.41) is 8.60. The molecular weight excluding hydrogens is 377 g/mol. The molecule has 1 fully saturated rings. The van der Waals surface area contributed by atoms with Crippen LogP contribution < -0.4 is 4.74 Å². The third-order valence-corrected chi connectivity index (χ3v) is 4.44. The molecule has 1 aromatic carbocycles. The maximum atomic E-state index is 13.1. The van der Waals surface area contributed by atoms with Crippen LogP contribution in [0.15, 0.2) is 34.8 Å². The number of carboxylic acids is 1. The molecule has 0 amide bonds. The number of halogens is 4. The quantitative estimate of drug-likeness (QED) is 0.729. The number of allylic oxidation sites excluding steroid dienone is 1. The number of carboxylic acid groups (broad SMARTS) is 1. The van der Waals surface area contributed by atoms with Gasteiger partial charge in [0.1, 0.15) is 11.3 Å². The van der Waals surface area contributed by atoms with E-state index in [1.165, 1.54) is 18.2 Å². The van der Waals surface area contributed by atoms with Crippen molar-refractivity contribution in [2.24, 2.45) is 5.92 Å². The van der Waals surface area contributed by atoms with Crippen molar-refractivity contribution in [2.75, 3.05) is 0 Å². The van der Waals surface area contributed by atoms with Gasteiger partial charge in [-0.2, -0.15) is 13.2 Å². The van der Waals surface area contributed by atoms with Crippen LogP contribution in [0.5, 0.6) is 5.75 Å². The normalized spacial score (nSPS) is 22.3. The van der Waals surface area contributed by atoms with Gasteiger partial charge in [0.15, 0.2) is 0 Å². The van der Waals surface area contributed by atoms with Crippen molar-refractivity contribution in [1.82, 2.24) is 0 Å². The lowest BCUT2D eigenvalue weighted by Crippen LogP contribution is -2.24. The van der Waals surface area contributed by atoms with E-state index in [0.717, 1.165) is 6.08 Å². The highest BCUT2D eigenvalue weighted by Crippen LogP contribution is 2.42. The van der Waals surface area contributed by atoms with Crippen LogP contribution in [0.4, 0.5) is 13.2 Å². The zero-order chi connectivity index (χ0) is 17.0. The van der Waals surface area contributed by atoms with Crippen LogP contribution in [0.1, 0.15) is 31.2 Å². The molecule has 0 saturated heterocycles. The number of hydrogen-bond acceptors (Lipinski definition) is 2. The molecule has 1 aromatic rings. The van der Waals surface area contributed by atoms with Crippen molar-refractivity contribution >= 4 is 21.9 Å². The van der Waals surface area contributed by atoms with Gasteiger partial charge in [-0.05, 0) is 43.7 Å². The maximum absolute atomic E-state index is 13.1. The SMILES string of the molecule is O=C(O)/C=C/[C@H]1CC[C@H](Oc2cccc(Br)c2C(F)(F)F)CC1. The van der Waals surface area contributed by atoms with Crippen molar-refractivity contribution in [3.05, 3.63) is 40.4 Å². The molecule has 0 aliphatic heterocycles. The Labute approximate surface area is 140 Å². The number of ether oxygens (including phenoxy) is 1. The van der Waals surface area contributed by atoms with Crippen molar-refractivity contribution in [2.45, 2.75) is 38.0 Å². The molecule has 7 heteroatoms. The molecule has 0 heterocycles. The number of hydrogen-bond donors (Lipinski definition) is 1. The second kappa shape index (κ2) is 7.38. The summed E-state index contributed by atoms with van der Waals surface area (Å²) in [6.45, 7) is 0. The summed E-state index contributed by atoms with van der Waals surface area (Å²) in [7, 11) is 0. The van der Waals surface area contributed by atoms with Crippen molar-refractivity contribution in [1.29, 1.82) is 0 Å². The molecule has 3 nitrogen and oxygen atoms in total. The summed E-state index contributed by atoms with van der Waals surface area (Å²) in [6.07, 6.45) is 0.557. The molecule has 1 aliphatic carbocycles. The fraction of sp³-hybridized carbons (Fsp3) is 0.438. The summed E-state index contributed by atoms with van der Waals surface area (Å²) >= 11 is 2.93. The topological polar surface area (TPSA) is 46.5 Å². The molecular formula is C16H16BrF3O3. The lowest BCUT2D eigenvalue weighted by atomic mass is 9.87. The second-order valence-corrected chi connectivity index (χ2v) is 6.32. The average molecular weight is 393 g/mol. The number of aliphatic carboxylic acids is 1. The van der Waals surface area contributed by atoms with Crippen LogP contribution in [0, 0.1) is 5.92 Å². The lowest BCUT2D eigenvalue weighted by Gasteiger charge is -2.28. The minimum atomic E-state index is -4.49. The third-order valence-electron chi connectivity index (χ3n) is 3.78. The molecule has 23 heavy (non-hydrogen) atoms. The minimum Gasteiger partial charge on any atom is -0.490 e. The number of benzene rings is 1. The Morgan fingerprint density at radius 1 is 1.26 bits per heavy atom. The summed E-state index contributed by atoms with van der Waals surface area (Å²) in [4.78, 5) is 10.5. The summed E-state index contributed by atoms with van der Waals surface area (Å²) < 4.78 is 44.9. The average Bonchev–Trinajstić information content (AvgIpc) is 2.45. The van der Waals surface area contributed by atoms with Crippen LogP contribution in [-0.2, 0) is 11.0 Å². The van der Waals surface area contributed by atoms with Gasteiger partial charge >= 0.3 is 12.1 Å².